The molecule has 0 spiro atoms. The lowest BCUT2D eigenvalue weighted by Gasteiger charge is -2.09. The fourth-order valence-electron chi connectivity index (χ4n) is 3.58. The maximum absolute atomic E-state index is 12.5. The minimum atomic E-state index is -0.109. The quantitative estimate of drug-likeness (QED) is 0.326. The second-order valence-electron chi connectivity index (χ2n) is 7.41. The van der Waals surface area contributed by atoms with E-state index < -0.39 is 0 Å². The van der Waals surface area contributed by atoms with Gasteiger partial charge in [-0.3, -0.25) is 4.79 Å². The third-order valence-corrected chi connectivity index (χ3v) is 6.70. The van der Waals surface area contributed by atoms with Crippen molar-refractivity contribution >= 4 is 57.2 Å². The monoisotopic (exact) mass is 527 g/mol. The van der Waals surface area contributed by atoms with Crippen LogP contribution in [0.1, 0.15) is 28.1 Å². The average molecular weight is 527 g/mol. The van der Waals surface area contributed by atoms with Gasteiger partial charge in [-0.05, 0) is 116 Å². The maximum Gasteiger partial charge on any atom is 0.264 e. The minimum Gasteiger partial charge on any atom is -0.318 e. The number of nitrogens with zero attached hydrogens (tertiary/aromatic N) is 2. The molecule has 1 aliphatic heterocycles. The summed E-state index contributed by atoms with van der Waals surface area (Å²) in [5, 5.41) is 3.51. The zero-order valence-electron chi connectivity index (χ0n) is 17.3. The number of benzene rings is 2. The first-order valence-electron chi connectivity index (χ1n) is 9.63. The van der Waals surface area contributed by atoms with Crippen molar-refractivity contribution in [3.63, 3.8) is 0 Å². The number of carbonyl (C=O) groups excluding carboxylic acids is 1. The fourth-order valence-corrected chi connectivity index (χ4v) is 4.77. The van der Waals surface area contributed by atoms with Gasteiger partial charge in [0, 0.05) is 20.6 Å². The van der Waals surface area contributed by atoms with Crippen LogP contribution in [0.5, 0.6) is 0 Å². The van der Waals surface area contributed by atoms with Gasteiger partial charge in [0.1, 0.15) is 0 Å². The van der Waals surface area contributed by atoms with Crippen molar-refractivity contribution in [2.24, 2.45) is 4.99 Å². The van der Waals surface area contributed by atoms with Crippen molar-refractivity contribution in [2.75, 3.05) is 0 Å². The Balaban J connectivity index is 1.64. The van der Waals surface area contributed by atoms with Gasteiger partial charge in [-0.15, -0.1) is 0 Å². The van der Waals surface area contributed by atoms with Gasteiger partial charge in [0.25, 0.3) is 5.91 Å². The Kier molecular flexibility index (Phi) is 5.88. The predicted molar refractivity (Wildman–Crippen MR) is 135 cm³/mol. The number of rotatable bonds is 3. The minimum absolute atomic E-state index is 0.109. The molecular weight excluding hydrogens is 505 g/mol. The van der Waals surface area contributed by atoms with Crippen LogP contribution in [-0.2, 0) is 4.79 Å². The van der Waals surface area contributed by atoms with Crippen LogP contribution in [0.4, 0.5) is 5.69 Å². The van der Waals surface area contributed by atoms with Crippen molar-refractivity contribution in [1.29, 1.82) is 0 Å². The Labute approximate surface area is 194 Å². The molecular formula is C24H22IN3OS. The number of hydrogen-bond acceptors (Lipinski definition) is 3. The molecule has 1 N–H and O–H groups in total. The Morgan fingerprint density at radius 1 is 1.03 bits per heavy atom. The standard InChI is InChI=1S/C24H22IN3OS/c1-14-5-10-21(15(2)11-14)26-24-27-23(29)22(30-24)13-18-12-16(3)28(17(18)4)20-8-6-19(25)7-9-20/h5-13H,1-4H3,(H,26,27,29)/b22-13-. The molecule has 2 heterocycles. The Hall–Kier alpha value is -2.32. The van der Waals surface area contributed by atoms with Crippen molar-refractivity contribution in [3.05, 3.63) is 85.1 Å². The third kappa shape index (κ3) is 4.25. The molecule has 1 aromatic heterocycles. The lowest BCUT2D eigenvalue weighted by atomic mass is 10.1. The van der Waals surface area contributed by atoms with Gasteiger partial charge in [-0.1, -0.05) is 17.7 Å². The number of amidine groups is 1. The molecule has 6 heteroatoms. The lowest BCUT2D eigenvalue weighted by Crippen LogP contribution is -2.19. The first-order chi connectivity index (χ1) is 14.3. The first kappa shape index (κ1) is 20.9. The molecule has 3 aromatic rings. The van der Waals surface area contributed by atoms with Crippen molar-refractivity contribution in [3.8, 4) is 5.69 Å². The van der Waals surface area contributed by atoms with Crippen molar-refractivity contribution in [2.45, 2.75) is 27.7 Å². The summed E-state index contributed by atoms with van der Waals surface area (Å²) < 4.78 is 3.42. The molecule has 152 valence electrons. The van der Waals surface area contributed by atoms with Crippen LogP contribution in [0.25, 0.3) is 11.8 Å². The molecule has 0 unspecified atom stereocenters. The molecule has 0 atom stereocenters. The van der Waals surface area contributed by atoms with Gasteiger partial charge < -0.3 is 9.88 Å². The highest BCUT2D eigenvalue weighted by molar-refractivity contribution is 14.1. The molecule has 4 nitrogen and oxygen atoms in total. The Morgan fingerprint density at radius 3 is 2.47 bits per heavy atom. The number of aromatic nitrogens is 1. The summed E-state index contributed by atoms with van der Waals surface area (Å²) in [6.07, 6.45) is 1.95. The number of aliphatic imine (C=N–C) groups is 1. The topological polar surface area (TPSA) is 46.4 Å². The molecule has 30 heavy (non-hydrogen) atoms. The van der Waals surface area contributed by atoms with E-state index in [1.165, 1.54) is 20.9 Å². The molecule has 2 aromatic carbocycles. The van der Waals surface area contributed by atoms with Crippen LogP contribution < -0.4 is 5.32 Å². The molecule has 1 fully saturated rings. The van der Waals surface area contributed by atoms with Gasteiger partial charge in [-0.25, -0.2) is 4.99 Å². The normalized spacial score (nSPS) is 16.5. The van der Waals surface area contributed by atoms with E-state index in [9.17, 15) is 4.79 Å². The van der Waals surface area contributed by atoms with Crippen LogP contribution in [0, 0.1) is 31.3 Å². The van der Waals surface area contributed by atoms with Crippen molar-refractivity contribution < 1.29 is 4.79 Å². The molecule has 4 rings (SSSR count). The number of thioether (sulfide) groups is 1. The largest absolute Gasteiger partial charge is 0.318 e. The van der Waals surface area contributed by atoms with Crippen LogP contribution in [0.15, 0.2) is 58.4 Å². The number of aryl methyl sites for hydroxylation is 3. The van der Waals surface area contributed by atoms with E-state index in [0.29, 0.717) is 10.1 Å². The lowest BCUT2D eigenvalue weighted by molar-refractivity contribution is -0.115. The van der Waals surface area contributed by atoms with E-state index in [-0.39, 0.29) is 5.91 Å². The Morgan fingerprint density at radius 2 is 1.77 bits per heavy atom. The van der Waals surface area contributed by atoms with E-state index in [0.717, 1.165) is 33.9 Å². The van der Waals surface area contributed by atoms with E-state index in [1.54, 1.807) is 0 Å². The molecule has 0 saturated carbocycles. The number of nitrogens with one attached hydrogen (secondary N) is 1. The molecule has 0 radical (unpaired) electrons. The van der Waals surface area contributed by atoms with Crippen LogP contribution in [-0.4, -0.2) is 15.6 Å². The number of carbonyl (C=O) groups is 1. The molecule has 1 saturated heterocycles. The van der Waals surface area contributed by atoms with Crippen LogP contribution in [0.2, 0.25) is 0 Å². The number of halogens is 1. The highest BCUT2D eigenvalue weighted by Crippen LogP contribution is 2.31. The fraction of sp³-hybridized carbons (Fsp3) is 0.167. The predicted octanol–water partition coefficient (Wildman–Crippen LogP) is 6.21. The average Bonchev–Trinajstić information content (AvgIpc) is 3.17. The van der Waals surface area contributed by atoms with E-state index >= 15 is 0 Å². The molecule has 1 aliphatic rings. The zero-order chi connectivity index (χ0) is 21.4. The van der Waals surface area contributed by atoms with E-state index in [1.807, 2.05) is 25.1 Å². The Bertz CT molecular complexity index is 1210. The first-order valence-corrected chi connectivity index (χ1v) is 11.5. The third-order valence-electron chi connectivity index (χ3n) is 5.07. The van der Waals surface area contributed by atoms with E-state index in [4.69, 9.17) is 0 Å². The summed E-state index contributed by atoms with van der Waals surface area (Å²) in [5.74, 6) is -0.109. The summed E-state index contributed by atoms with van der Waals surface area (Å²) >= 11 is 3.69. The smallest absolute Gasteiger partial charge is 0.264 e. The number of hydrogen-bond donors (Lipinski definition) is 1. The second kappa shape index (κ2) is 8.43. The van der Waals surface area contributed by atoms with Gasteiger partial charge in [0.2, 0.25) is 0 Å². The summed E-state index contributed by atoms with van der Waals surface area (Å²) in [6.45, 7) is 8.26. The van der Waals surface area contributed by atoms with E-state index in [2.05, 4.69) is 94.6 Å². The highest BCUT2D eigenvalue weighted by Gasteiger charge is 2.24. The summed E-state index contributed by atoms with van der Waals surface area (Å²) in [5.41, 5.74) is 7.57. The molecule has 1 amide bonds. The van der Waals surface area contributed by atoms with Gasteiger partial charge in [0.05, 0.1) is 10.6 Å². The highest BCUT2D eigenvalue weighted by atomic mass is 127. The van der Waals surface area contributed by atoms with Gasteiger partial charge in [0.15, 0.2) is 5.17 Å². The molecule has 0 aliphatic carbocycles. The summed E-state index contributed by atoms with van der Waals surface area (Å²) in [7, 11) is 0. The summed E-state index contributed by atoms with van der Waals surface area (Å²) in [4.78, 5) is 17.8. The van der Waals surface area contributed by atoms with Gasteiger partial charge in [-0.2, -0.15) is 0 Å². The van der Waals surface area contributed by atoms with Crippen LogP contribution in [0.3, 0.4) is 0 Å². The van der Waals surface area contributed by atoms with Crippen molar-refractivity contribution in [1.82, 2.24) is 9.88 Å². The molecule has 0 bridgehead atoms. The van der Waals surface area contributed by atoms with Gasteiger partial charge >= 0.3 is 0 Å². The zero-order valence-corrected chi connectivity index (χ0v) is 20.3. The maximum atomic E-state index is 12.5. The summed E-state index contributed by atoms with van der Waals surface area (Å²) in [6, 6.07) is 16.7. The SMILES string of the molecule is Cc1ccc(N=C2NC(=O)/C(=C/c3cc(C)n(-c4ccc(I)cc4)c3C)S2)c(C)c1. The van der Waals surface area contributed by atoms with Crippen LogP contribution >= 0.6 is 34.4 Å². The number of amides is 1. The second-order valence-corrected chi connectivity index (χ2v) is 9.69.